The molecule has 0 fully saturated rings. The molecule has 5 nitrogen and oxygen atoms in total. The standard InChI is InChI=1S/C14H14Cl2N2O3/c1-2-20-18-13(19)5-6-14-17-8-12(21-14)10-4-3-9(15)7-11(10)16/h3-4,7-8H,2,5-6H2,1H3,(H,18,19). The highest BCUT2D eigenvalue weighted by molar-refractivity contribution is 6.36. The number of carbonyl (C=O) groups is 1. The van der Waals surface area contributed by atoms with Crippen molar-refractivity contribution in [2.24, 2.45) is 0 Å². The quantitative estimate of drug-likeness (QED) is 0.822. The minimum absolute atomic E-state index is 0.221. The Balaban J connectivity index is 1.99. The maximum Gasteiger partial charge on any atom is 0.244 e. The van der Waals surface area contributed by atoms with Crippen molar-refractivity contribution in [1.29, 1.82) is 0 Å². The number of carbonyl (C=O) groups excluding carboxylic acids is 1. The van der Waals surface area contributed by atoms with E-state index in [9.17, 15) is 4.79 Å². The van der Waals surface area contributed by atoms with E-state index < -0.39 is 0 Å². The summed E-state index contributed by atoms with van der Waals surface area (Å²) in [7, 11) is 0. The highest BCUT2D eigenvalue weighted by Gasteiger charge is 2.11. The van der Waals surface area contributed by atoms with Crippen LogP contribution >= 0.6 is 23.2 Å². The maximum atomic E-state index is 11.4. The van der Waals surface area contributed by atoms with Gasteiger partial charge < -0.3 is 4.42 Å². The predicted molar refractivity (Wildman–Crippen MR) is 80.0 cm³/mol. The molecule has 1 N–H and O–H groups in total. The van der Waals surface area contributed by atoms with Crippen molar-refractivity contribution >= 4 is 29.1 Å². The number of hydrogen-bond acceptors (Lipinski definition) is 4. The van der Waals surface area contributed by atoms with Crippen molar-refractivity contribution in [3.05, 3.63) is 40.3 Å². The minimum atomic E-state index is -0.221. The third-order valence-electron chi connectivity index (χ3n) is 2.65. The molecule has 0 saturated heterocycles. The monoisotopic (exact) mass is 328 g/mol. The van der Waals surface area contributed by atoms with Gasteiger partial charge in [0.05, 0.1) is 17.8 Å². The summed E-state index contributed by atoms with van der Waals surface area (Å²) in [5, 5.41) is 1.04. The molecule has 0 bridgehead atoms. The number of oxazole rings is 1. The van der Waals surface area contributed by atoms with Gasteiger partial charge in [0.15, 0.2) is 11.7 Å². The average molecular weight is 329 g/mol. The van der Waals surface area contributed by atoms with E-state index in [2.05, 4.69) is 10.5 Å². The smallest absolute Gasteiger partial charge is 0.244 e. The molecule has 0 aliphatic carbocycles. The van der Waals surface area contributed by atoms with Crippen LogP contribution < -0.4 is 5.48 Å². The Morgan fingerprint density at radius 3 is 2.95 bits per heavy atom. The molecule has 1 heterocycles. The Kier molecular flexibility index (Phi) is 5.61. The van der Waals surface area contributed by atoms with E-state index in [1.165, 1.54) is 0 Å². The van der Waals surface area contributed by atoms with Gasteiger partial charge in [0, 0.05) is 23.4 Å². The second kappa shape index (κ2) is 7.45. The fourth-order valence-corrected chi connectivity index (χ4v) is 2.17. The van der Waals surface area contributed by atoms with Gasteiger partial charge in [-0.05, 0) is 25.1 Å². The first-order valence-electron chi connectivity index (χ1n) is 6.41. The molecule has 0 atom stereocenters. The lowest BCUT2D eigenvalue weighted by Gasteiger charge is -2.02. The van der Waals surface area contributed by atoms with Crippen LogP contribution in [0.25, 0.3) is 11.3 Å². The van der Waals surface area contributed by atoms with E-state index in [-0.39, 0.29) is 12.3 Å². The molecule has 1 amide bonds. The number of amides is 1. The highest BCUT2D eigenvalue weighted by atomic mass is 35.5. The maximum absolute atomic E-state index is 11.4. The van der Waals surface area contributed by atoms with Crippen LogP contribution in [0.4, 0.5) is 0 Å². The number of halogens is 2. The van der Waals surface area contributed by atoms with Crippen molar-refractivity contribution in [3.8, 4) is 11.3 Å². The number of nitrogens with zero attached hydrogens (tertiary/aromatic N) is 1. The summed E-state index contributed by atoms with van der Waals surface area (Å²) in [5.41, 5.74) is 3.02. The van der Waals surface area contributed by atoms with Crippen LogP contribution in [0.2, 0.25) is 10.0 Å². The number of aromatic nitrogens is 1. The second-order valence-electron chi connectivity index (χ2n) is 4.20. The third kappa shape index (κ3) is 4.46. The van der Waals surface area contributed by atoms with Gasteiger partial charge in [-0.15, -0.1) is 0 Å². The Hall–Kier alpha value is -1.56. The fraction of sp³-hybridized carbons (Fsp3) is 0.286. The van der Waals surface area contributed by atoms with Crippen molar-refractivity contribution < 1.29 is 14.0 Å². The number of hydrogen-bond donors (Lipinski definition) is 1. The molecule has 2 rings (SSSR count). The van der Waals surface area contributed by atoms with E-state index in [1.54, 1.807) is 31.3 Å². The van der Waals surface area contributed by atoms with Crippen molar-refractivity contribution in [3.63, 3.8) is 0 Å². The molecule has 21 heavy (non-hydrogen) atoms. The van der Waals surface area contributed by atoms with E-state index >= 15 is 0 Å². The third-order valence-corrected chi connectivity index (χ3v) is 3.19. The number of hydroxylamine groups is 1. The van der Waals surface area contributed by atoms with Crippen LogP contribution in [0, 0.1) is 0 Å². The van der Waals surface area contributed by atoms with Crippen molar-refractivity contribution in [2.75, 3.05) is 6.61 Å². The average Bonchev–Trinajstić information content (AvgIpc) is 2.91. The van der Waals surface area contributed by atoms with Gasteiger partial charge >= 0.3 is 0 Å². The van der Waals surface area contributed by atoms with E-state index in [0.29, 0.717) is 40.3 Å². The molecular formula is C14H14Cl2N2O3. The number of rotatable bonds is 6. The Morgan fingerprint density at radius 2 is 2.24 bits per heavy atom. The van der Waals surface area contributed by atoms with Gasteiger partial charge in [-0.25, -0.2) is 10.5 Å². The van der Waals surface area contributed by atoms with Crippen LogP contribution in [0.15, 0.2) is 28.8 Å². The number of nitrogens with one attached hydrogen (secondary N) is 1. The summed E-state index contributed by atoms with van der Waals surface area (Å²) in [4.78, 5) is 20.3. The first kappa shape index (κ1) is 15.8. The second-order valence-corrected chi connectivity index (χ2v) is 5.04. The lowest BCUT2D eigenvalue weighted by atomic mass is 10.2. The first-order chi connectivity index (χ1) is 10.1. The zero-order valence-electron chi connectivity index (χ0n) is 11.4. The van der Waals surface area contributed by atoms with Crippen LogP contribution in [0.1, 0.15) is 19.2 Å². The summed E-state index contributed by atoms with van der Waals surface area (Å²) < 4.78 is 5.59. The summed E-state index contributed by atoms with van der Waals surface area (Å²) >= 11 is 12.0. The van der Waals surface area contributed by atoms with E-state index in [0.717, 1.165) is 0 Å². The SMILES string of the molecule is CCONC(=O)CCc1ncc(-c2ccc(Cl)cc2Cl)o1. The first-order valence-corrected chi connectivity index (χ1v) is 7.16. The van der Waals surface area contributed by atoms with E-state index in [1.807, 2.05) is 0 Å². The van der Waals surface area contributed by atoms with Crippen LogP contribution in [-0.2, 0) is 16.1 Å². The number of aryl methyl sites for hydroxylation is 1. The Morgan fingerprint density at radius 1 is 1.43 bits per heavy atom. The Bertz CT molecular complexity index is 628. The largest absolute Gasteiger partial charge is 0.441 e. The molecule has 0 spiro atoms. The molecular weight excluding hydrogens is 315 g/mol. The molecule has 0 unspecified atom stereocenters. The molecule has 0 radical (unpaired) electrons. The normalized spacial score (nSPS) is 10.6. The lowest BCUT2D eigenvalue weighted by Crippen LogP contribution is -2.23. The minimum Gasteiger partial charge on any atom is -0.441 e. The fourth-order valence-electron chi connectivity index (χ4n) is 1.66. The van der Waals surface area contributed by atoms with Gasteiger partial charge in [0.2, 0.25) is 5.91 Å². The lowest BCUT2D eigenvalue weighted by molar-refractivity contribution is -0.133. The van der Waals surface area contributed by atoms with Crippen LogP contribution in [0.3, 0.4) is 0 Å². The van der Waals surface area contributed by atoms with Crippen molar-refractivity contribution in [1.82, 2.24) is 10.5 Å². The molecule has 0 aliphatic heterocycles. The molecule has 112 valence electrons. The zero-order chi connectivity index (χ0) is 15.2. The molecule has 1 aromatic carbocycles. The van der Waals surface area contributed by atoms with Gasteiger partial charge in [-0.1, -0.05) is 23.2 Å². The summed E-state index contributed by atoms with van der Waals surface area (Å²) in [6.45, 7) is 2.21. The molecule has 2 aromatic rings. The van der Waals surface area contributed by atoms with Gasteiger partial charge in [0.25, 0.3) is 0 Å². The van der Waals surface area contributed by atoms with Crippen molar-refractivity contribution in [2.45, 2.75) is 19.8 Å². The van der Waals surface area contributed by atoms with Crippen LogP contribution in [0.5, 0.6) is 0 Å². The molecule has 1 aromatic heterocycles. The molecule has 0 saturated carbocycles. The Labute approximate surface area is 132 Å². The summed E-state index contributed by atoms with van der Waals surface area (Å²) in [5.74, 6) is 0.778. The van der Waals surface area contributed by atoms with Crippen LogP contribution in [-0.4, -0.2) is 17.5 Å². The summed E-state index contributed by atoms with van der Waals surface area (Å²) in [6, 6.07) is 5.12. The predicted octanol–water partition coefficient (Wildman–Crippen LogP) is 3.65. The summed E-state index contributed by atoms with van der Waals surface area (Å²) in [6.07, 6.45) is 2.18. The van der Waals surface area contributed by atoms with Gasteiger partial charge in [0.1, 0.15) is 0 Å². The highest BCUT2D eigenvalue weighted by Crippen LogP contribution is 2.30. The topological polar surface area (TPSA) is 64.4 Å². The zero-order valence-corrected chi connectivity index (χ0v) is 12.9. The number of benzene rings is 1. The van der Waals surface area contributed by atoms with E-state index in [4.69, 9.17) is 32.5 Å². The van der Waals surface area contributed by atoms with Gasteiger partial charge in [-0.2, -0.15) is 0 Å². The molecule has 0 aliphatic rings. The van der Waals surface area contributed by atoms with Gasteiger partial charge in [-0.3, -0.25) is 9.63 Å². The molecule has 7 heteroatoms.